The van der Waals surface area contributed by atoms with Crippen LogP contribution in [0.3, 0.4) is 0 Å². The molecule has 0 spiro atoms. The Labute approximate surface area is 219 Å². The molecule has 8 nitrogen and oxygen atoms in total. The Bertz CT molecular complexity index is 1520. The highest BCUT2D eigenvalue weighted by molar-refractivity contribution is 7.07. The number of allylic oxidation sites excluding steroid dienone is 1. The molecule has 0 aliphatic carbocycles. The number of ether oxygens (including phenoxy) is 4. The normalized spacial score (nSPS) is 15.2. The lowest BCUT2D eigenvalue weighted by Crippen LogP contribution is -2.40. The van der Waals surface area contributed by atoms with E-state index in [1.165, 1.54) is 11.3 Å². The minimum atomic E-state index is -0.707. The van der Waals surface area contributed by atoms with Crippen molar-refractivity contribution in [1.29, 1.82) is 0 Å². The summed E-state index contributed by atoms with van der Waals surface area (Å²) in [6.07, 6.45) is 3.12. The molecule has 0 saturated carbocycles. The Morgan fingerprint density at radius 3 is 2.54 bits per heavy atom. The number of nitrogens with zero attached hydrogens (tertiary/aromatic N) is 2. The molecule has 1 aromatic heterocycles. The molecule has 0 bridgehead atoms. The van der Waals surface area contributed by atoms with Gasteiger partial charge < -0.3 is 18.9 Å². The Kier molecular flexibility index (Phi) is 8.13. The first kappa shape index (κ1) is 26.2. The number of carbonyl (C=O) groups is 1. The molecular weight excluding hydrogens is 492 g/mol. The van der Waals surface area contributed by atoms with Gasteiger partial charge in [-0.05, 0) is 43.2 Å². The van der Waals surface area contributed by atoms with Crippen molar-refractivity contribution >= 4 is 23.4 Å². The number of aromatic nitrogens is 1. The van der Waals surface area contributed by atoms with Crippen LogP contribution in [0.5, 0.6) is 17.2 Å². The maximum absolute atomic E-state index is 13.9. The number of hydrogen-bond acceptors (Lipinski definition) is 8. The average Bonchev–Trinajstić information content (AvgIpc) is 3.22. The number of rotatable bonds is 9. The summed E-state index contributed by atoms with van der Waals surface area (Å²) in [5.41, 5.74) is 2.16. The Morgan fingerprint density at radius 1 is 1.08 bits per heavy atom. The van der Waals surface area contributed by atoms with Crippen molar-refractivity contribution in [3.8, 4) is 17.2 Å². The zero-order valence-electron chi connectivity index (χ0n) is 21.6. The summed E-state index contributed by atoms with van der Waals surface area (Å²) >= 11 is 1.27. The Hall–Kier alpha value is -3.85. The zero-order chi connectivity index (χ0) is 26.5. The molecule has 0 N–H and O–H groups in total. The van der Waals surface area contributed by atoms with E-state index >= 15 is 0 Å². The predicted octanol–water partition coefficient (Wildman–Crippen LogP) is 3.60. The first-order valence-electron chi connectivity index (χ1n) is 12.0. The molecule has 1 aliphatic heterocycles. The molecular formula is C28H30N2O6S. The van der Waals surface area contributed by atoms with E-state index in [0.717, 1.165) is 12.0 Å². The quantitative estimate of drug-likeness (QED) is 0.399. The maximum Gasteiger partial charge on any atom is 0.338 e. The summed E-state index contributed by atoms with van der Waals surface area (Å²) in [7, 11) is 4.70. The van der Waals surface area contributed by atoms with Crippen LogP contribution in [0.2, 0.25) is 0 Å². The third-order valence-corrected chi connectivity index (χ3v) is 7.00. The number of thiazole rings is 1. The monoisotopic (exact) mass is 522 g/mol. The van der Waals surface area contributed by atoms with Crippen LogP contribution in [0.25, 0.3) is 6.08 Å². The second kappa shape index (κ2) is 11.5. The van der Waals surface area contributed by atoms with Crippen LogP contribution in [0.4, 0.5) is 0 Å². The van der Waals surface area contributed by atoms with E-state index in [1.54, 1.807) is 45.0 Å². The summed E-state index contributed by atoms with van der Waals surface area (Å²) in [5.74, 6) is 1.23. The molecule has 4 rings (SSSR count). The summed E-state index contributed by atoms with van der Waals surface area (Å²) < 4.78 is 23.9. The first-order valence-corrected chi connectivity index (χ1v) is 12.9. The third-order valence-electron chi connectivity index (χ3n) is 6.02. The van der Waals surface area contributed by atoms with Crippen LogP contribution >= 0.6 is 11.3 Å². The number of methoxy groups -OCH3 is 3. The number of carbonyl (C=O) groups excluding carboxylic acids is 1. The van der Waals surface area contributed by atoms with Crippen molar-refractivity contribution in [2.75, 3.05) is 27.9 Å². The van der Waals surface area contributed by atoms with Crippen molar-refractivity contribution in [2.45, 2.75) is 32.7 Å². The fourth-order valence-corrected chi connectivity index (χ4v) is 5.43. The van der Waals surface area contributed by atoms with Gasteiger partial charge >= 0.3 is 5.97 Å². The number of para-hydroxylation sites is 1. The highest BCUT2D eigenvalue weighted by Gasteiger charge is 2.34. The standard InChI is InChI=1S/C28H30N2O6S/c1-6-10-20-23(27(32)36-7-2)24(17-11-8-13-19(15-17)33-3)30-26(31)22(37-28(30)29-20)16-18-12-9-14-21(34-4)25(18)35-5/h8-9,11-16,24H,6-7,10H2,1-5H3. The van der Waals surface area contributed by atoms with Crippen LogP contribution < -0.4 is 29.1 Å². The lowest BCUT2D eigenvalue weighted by Gasteiger charge is -2.26. The van der Waals surface area contributed by atoms with Crippen molar-refractivity contribution in [3.63, 3.8) is 0 Å². The summed E-state index contributed by atoms with van der Waals surface area (Å²) in [6.45, 7) is 4.00. The van der Waals surface area contributed by atoms with Crippen molar-refractivity contribution in [3.05, 3.63) is 84.5 Å². The molecule has 37 heavy (non-hydrogen) atoms. The fraction of sp³-hybridized carbons (Fsp3) is 0.321. The van der Waals surface area contributed by atoms with Gasteiger partial charge in [0, 0.05) is 5.56 Å². The first-order chi connectivity index (χ1) is 18.0. The van der Waals surface area contributed by atoms with E-state index in [1.807, 2.05) is 43.3 Å². The lowest BCUT2D eigenvalue weighted by molar-refractivity contribution is -0.139. The van der Waals surface area contributed by atoms with Crippen LogP contribution in [-0.2, 0) is 9.53 Å². The van der Waals surface area contributed by atoms with Gasteiger partial charge in [-0.15, -0.1) is 0 Å². The third kappa shape index (κ3) is 5.04. The lowest BCUT2D eigenvalue weighted by atomic mass is 9.94. The summed E-state index contributed by atoms with van der Waals surface area (Å²) in [6, 6.07) is 12.2. The van der Waals surface area contributed by atoms with Crippen molar-refractivity contribution in [1.82, 2.24) is 4.57 Å². The number of fused-ring (bicyclic) bond motifs is 1. The highest BCUT2D eigenvalue weighted by Crippen LogP contribution is 2.34. The van der Waals surface area contributed by atoms with E-state index < -0.39 is 12.0 Å². The second-order valence-corrected chi connectivity index (χ2v) is 9.28. The average molecular weight is 523 g/mol. The molecule has 0 radical (unpaired) electrons. The van der Waals surface area contributed by atoms with Gasteiger partial charge in [0.1, 0.15) is 5.75 Å². The van der Waals surface area contributed by atoms with Gasteiger partial charge in [0.2, 0.25) is 0 Å². The van der Waals surface area contributed by atoms with Crippen LogP contribution in [0.1, 0.15) is 43.9 Å². The van der Waals surface area contributed by atoms with E-state index in [-0.39, 0.29) is 12.2 Å². The van der Waals surface area contributed by atoms with Crippen LogP contribution in [0, 0.1) is 0 Å². The van der Waals surface area contributed by atoms with E-state index in [2.05, 4.69) is 0 Å². The van der Waals surface area contributed by atoms with Gasteiger partial charge in [0.25, 0.3) is 5.56 Å². The smallest absolute Gasteiger partial charge is 0.338 e. The molecule has 9 heteroatoms. The maximum atomic E-state index is 13.9. The number of benzene rings is 2. The molecule has 3 aromatic rings. The molecule has 1 atom stereocenters. The largest absolute Gasteiger partial charge is 0.497 e. The molecule has 1 unspecified atom stereocenters. The number of esters is 1. The van der Waals surface area contributed by atoms with Crippen LogP contribution in [-0.4, -0.2) is 38.5 Å². The van der Waals surface area contributed by atoms with Gasteiger partial charge in [-0.25, -0.2) is 9.79 Å². The molecule has 2 aromatic carbocycles. The van der Waals surface area contributed by atoms with Crippen molar-refractivity contribution in [2.24, 2.45) is 4.99 Å². The zero-order valence-corrected chi connectivity index (χ0v) is 22.4. The second-order valence-electron chi connectivity index (χ2n) is 8.27. The summed E-state index contributed by atoms with van der Waals surface area (Å²) in [4.78, 5) is 32.5. The van der Waals surface area contributed by atoms with E-state index in [4.69, 9.17) is 23.9 Å². The fourth-order valence-electron chi connectivity index (χ4n) is 4.41. The molecule has 194 valence electrons. The minimum absolute atomic E-state index is 0.215. The predicted molar refractivity (Wildman–Crippen MR) is 142 cm³/mol. The highest BCUT2D eigenvalue weighted by atomic mass is 32.1. The van der Waals surface area contributed by atoms with Crippen molar-refractivity contribution < 1.29 is 23.7 Å². The van der Waals surface area contributed by atoms with Gasteiger partial charge in [0.15, 0.2) is 16.3 Å². The van der Waals surface area contributed by atoms with Gasteiger partial charge in [-0.3, -0.25) is 9.36 Å². The Morgan fingerprint density at radius 2 is 1.86 bits per heavy atom. The molecule has 0 fully saturated rings. The number of hydrogen-bond donors (Lipinski definition) is 0. The molecule has 0 amide bonds. The minimum Gasteiger partial charge on any atom is -0.497 e. The SMILES string of the molecule is CCCC1=C(C(=O)OCC)C(c2cccc(OC)c2)n2c(sc(=Cc3cccc(OC)c3OC)c2=O)=N1. The molecule has 2 heterocycles. The molecule has 1 aliphatic rings. The van der Waals surface area contributed by atoms with Gasteiger partial charge in [-0.2, -0.15) is 0 Å². The Balaban J connectivity index is 2.02. The molecule has 0 saturated heterocycles. The van der Waals surface area contributed by atoms with Crippen LogP contribution in [0.15, 0.2) is 63.5 Å². The van der Waals surface area contributed by atoms with E-state index in [9.17, 15) is 9.59 Å². The van der Waals surface area contributed by atoms with E-state index in [0.29, 0.717) is 49.8 Å². The topological polar surface area (TPSA) is 88.4 Å². The summed E-state index contributed by atoms with van der Waals surface area (Å²) in [5, 5.41) is 0. The van der Waals surface area contributed by atoms with Gasteiger partial charge in [-0.1, -0.05) is 48.9 Å². The van der Waals surface area contributed by atoms with Gasteiger partial charge in [0.05, 0.1) is 49.8 Å².